The van der Waals surface area contributed by atoms with Gasteiger partial charge in [0, 0.05) is 0 Å². The monoisotopic (exact) mass is 566 g/mol. The summed E-state index contributed by atoms with van der Waals surface area (Å²) in [7, 11) is 0. The topological polar surface area (TPSA) is 69.2 Å². The van der Waals surface area contributed by atoms with Crippen molar-refractivity contribution in [3.05, 3.63) is 107 Å². The van der Waals surface area contributed by atoms with Gasteiger partial charge in [-0.25, -0.2) is 5.57 Å². The number of benzene rings is 2. The molecule has 0 radical (unpaired) electrons. The van der Waals surface area contributed by atoms with E-state index in [4.69, 9.17) is 0 Å². The van der Waals surface area contributed by atoms with Crippen molar-refractivity contribution in [3.63, 3.8) is 0 Å². The van der Waals surface area contributed by atoms with Crippen molar-refractivity contribution in [2.45, 2.75) is 94.5 Å². The van der Waals surface area contributed by atoms with Gasteiger partial charge in [0.15, 0.2) is 0 Å². The van der Waals surface area contributed by atoms with E-state index in [1.807, 2.05) is 36.4 Å². The molecule has 0 amide bonds. The van der Waals surface area contributed by atoms with E-state index in [-0.39, 0.29) is 27.1 Å². The van der Waals surface area contributed by atoms with Crippen molar-refractivity contribution in [2.24, 2.45) is 5.41 Å². The van der Waals surface area contributed by atoms with Gasteiger partial charge in [-0.15, -0.1) is 25.2 Å². The summed E-state index contributed by atoms with van der Waals surface area (Å²) in [4.78, 5) is 0. The summed E-state index contributed by atoms with van der Waals surface area (Å²) in [5.41, 5.74) is 6.84. The Hall–Kier alpha value is -2.01. The summed E-state index contributed by atoms with van der Waals surface area (Å²) < 4.78 is 0. The van der Waals surface area contributed by atoms with Crippen LogP contribution in [0.2, 0.25) is 0 Å². The van der Waals surface area contributed by atoms with E-state index in [0.717, 1.165) is 0 Å². The summed E-state index contributed by atoms with van der Waals surface area (Å²) in [6.45, 7) is 20.6. The van der Waals surface area contributed by atoms with Gasteiger partial charge in [-0.05, 0) is 11.1 Å². The minimum atomic E-state index is -0.417. The number of hydrogen-bond acceptors (Lipinski definition) is 3. The molecule has 0 aromatic heterocycles. The fourth-order valence-corrected chi connectivity index (χ4v) is 2.87. The summed E-state index contributed by atoms with van der Waals surface area (Å²) in [6, 6.07) is 20.6. The standard InChI is InChI=1S/C16H14.C10H15.3C3H7O.Ti/c1-3-9-15(10-4-1)13-7-8-14-16-11-5-2-6-12-16;1-7-6-10(4,5)9(3)8(7)2;3*1-3(2)4;/h1-14H;1-5H3;3*3H,1-2H3;/q;4*-1;+4. The number of allylic oxidation sites excluding steroid dienone is 6. The van der Waals surface area contributed by atoms with Gasteiger partial charge >= 0.3 is 21.7 Å². The van der Waals surface area contributed by atoms with Crippen LogP contribution in [0.5, 0.6) is 0 Å². The summed E-state index contributed by atoms with van der Waals surface area (Å²) >= 11 is 0. The molecule has 0 fully saturated rings. The van der Waals surface area contributed by atoms with Gasteiger partial charge in [0.1, 0.15) is 0 Å². The van der Waals surface area contributed by atoms with Crippen LogP contribution in [0.3, 0.4) is 0 Å². The van der Waals surface area contributed by atoms with Gasteiger partial charge in [0.25, 0.3) is 0 Å². The molecule has 3 nitrogen and oxygen atoms in total. The molecule has 1 aliphatic carbocycles. The minimum Gasteiger partial charge on any atom is -0.852 e. The number of hydrogen-bond donors (Lipinski definition) is 0. The van der Waals surface area contributed by atoms with Crippen LogP contribution in [-0.4, -0.2) is 18.3 Å². The Bertz CT molecular complexity index is 897. The molecule has 0 unspecified atom stereocenters. The molecular weight excluding hydrogens is 516 g/mol. The first kappa shape index (κ1) is 41.5. The van der Waals surface area contributed by atoms with Crippen molar-refractivity contribution >= 4 is 12.2 Å². The maximum Gasteiger partial charge on any atom is 4.00 e. The zero-order valence-corrected chi connectivity index (χ0v) is 27.6. The van der Waals surface area contributed by atoms with Crippen LogP contribution < -0.4 is 15.3 Å². The molecule has 2 aromatic carbocycles. The Kier molecular flexibility index (Phi) is 25.4. The predicted molar refractivity (Wildman–Crippen MR) is 161 cm³/mol. The van der Waals surface area contributed by atoms with E-state index in [9.17, 15) is 15.3 Å². The fraction of sp³-hybridized carbons (Fsp3) is 0.429. The van der Waals surface area contributed by atoms with Gasteiger partial charge < -0.3 is 15.3 Å². The first-order valence-electron chi connectivity index (χ1n) is 13.3. The quantitative estimate of drug-likeness (QED) is 0.233. The van der Waals surface area contributed by atoms with Crippen molar-refractivity contribution < 1.29 is 37.0 Å². The van der Waals surface area contributed by atoms with Crippen molar-refractivity contribution in [2.75, 3.05) is 0 Å². The summed E-state index contributed by atoms with van der Waals surface area (Å²) in [5, 5.41) is 28.6. The predicted octanol–water partition coefficient (Wildman–Crippen LogP) is 6.79. The average molecular weight is 567 g/mol. The van der Waals surface area contributed by atoms with Gasteiger partial charge in [-0.2, -0.15) is 11.1 Å². The first-order valence-corrected chi connectivity index (χ1v) is 13.3. The van der Waals surface area contributed by atoms with Crippen LogP contribution in [0.1, 0.15) is 87.3 Å². The first-order chi connectivity index (χ1) is 17.6. The molecule has 1 aliphatic rings. The van der Waals surface area contributed by atoms with E-state index >= 15 is 0 Å². The summed E-state index contributed by atoms with van der Waals surface area (Å²) in [6.07, 6.45) is 10.5. The molecule has 2 aromatic rings. The Morgan fingerprint density at radius 2 is 0.897 bits per heavy atom. The van der Waals surface area contributed by atoms with E-state index in [1.54, 1.807) is 41.5 Å². The van der Waals surface area contributed by atoms with Crippen LogP contribution in [0.25, 0.3) is 12.2 Å². The van der Waals surface area contributed by atoms with Gasteiger partial charge in [-0.3, -0.25) is 6.08 Å². The second-order valence-electron chi connectivity index (χ2n) is 10.3. The molecule has 0 aliphatic heterocycles. The molecule has 0 saturated heterocycles. The van der Waals surface area contributed by atoms with Gasteiger partial charge in [0.05, 0.1) is 0 Å². The Labute approximate surface area is 255 Å². The Morgan fingerprint density at radius 1 is 0.615 bits per heavy atom. The third-order valence-corrected chi connectivity index (χ3v) is 4.85. The smallest absolute Gasteiger partial charge is 0.852 e. The summed E-state index contributed by atoms with van der Waals surface area (Å²) in [5.74, 6) is 0. The van der Waals surface area contributed by atoms with E-state index in [2.05, 4.69) is 89.3 Å². The van der Waals surface area contributed by atoms with E-state index < -0.39 is 18.3 Å². The van der Waals surface area contributed by atoms with Crippen molar-refractivity contribution in [1.82, 2.24) is 0 Å². The normalized spacial score (nSPS) is 13.4. The van der Waals surface area contributed by atoms with Crippen molar-refractivity contribution in [3.8, 4) is 0 Å². The molecular formula is C35H50O3Ti. The van der Waals surface area contributed by atoms with E-state index in [0.29, 0.717) is 0 Å². The second kappa shape index (κ2) is 23.8. The third-order valence-electron chi connectivity index (χ3n) is 4.85. The fourth-order valence-electron chi connectivity index (χ4n) is 2.87. The molecule has 4 heteroatoms. The molecule has 0 atom stereocenters. The molecule has 39 heavy (non-hydrogen) atoms. The molecule has 0 N–H and O–H groups in total. The molecule has 3 rings (SSSR count). The SMILES string of the molecule is C(C=Cc1ccccc1)=Cc1ccccc1.CC(C)[O-].CC(C)[O-].CC(C)[O-].CC1=[C-]C(C)(C)C(C)=C1C.[Ti+4]. The molecule has 0 heterocycles. The van der Waals surface area contributed by atoms with Crippen molar-refractivity contribution in [1.29, 1.82) is 0 Å². The van der Waals surface area contributed by atoms with Crippen LogP contribution >= 0.6 is 0 Å². The Balaban J connectivity index is -0.000000483. The minimum absolute atomic E-state index is 0. The number of rotatable bonds is 3. The van der Waals surface area contributed by atoms with Gasteiger partial charge in [0.2, 0.25) is 0 Å². The van der Waals surface area contributed by atoms with Crippen LogP contribution in [0, 0.1) is 11.5 Å². The van der Waals surface area contributed by atoms with Crippen LogP contribution in [0.15, 0.2) is 89.5 Å². The second-order valence-corrected chi connectivity index (χ2v) is 10.3. The van der Waals surface area contributed by atoms with Gasteiger partial charge in [-0.1, -0.05) is 160 Å². The molecule has 0 bridgehead atoms. The zero-order valence-electron chi connectivity index (χ0n) is 26.0. The largest absolute Gasteiger partial charge is 4.00 e. The maximum absolute atomic E-state index is 9.53. The van der Waals surface area contributed by atoms with E-state index in [1.165, 1.54) is 27.8 Å². The zero-order chi connectivity index (χ0) is 29.7. The molecule has 212 valence electrons. The maximum atomic E-state index is 9.53. The average Bonchev–Trinajstić information content (AvgIpc) is 2.98. The van der Waals surface area contributed by atoms with Crippen LogP contribution in [-0.2, 0) is 21.7 Å². The molecule has 0 saturated carbocycles. The van der Waals surface area contributed by atoms with Crippen LogP contribution in [0.4, 0.5) is 0 Å². The molecule has 0 spiro atoms. The third kappa shape index (κ3) is 26.0. The Morgan fingerprint density at radius 3 is 1.08 bits per heavy atom.